The van der Waals surface area contributed by atoms with Crippen LogP contribution in [0.3, 0.4) is 0 Å². The first kappa shape index (κ1) is 22.2. The summed E-state index contributed by atoms with van der Waals surface area (Å²) in [6, 6.07) is 15.1. The van der Waals surface area contributed by atoms with Crippen LogP contribution in [0.4, 0.5) is 13.2 Å². The summed E-state index contributed by atoms with van der Waals surface area (Å²) in [5.41, 5.74) is 8.25. The molecule has 2 N–H and O–H groups in total. The Morgan fingerprint density at radius 3 is 2.53 bits per heavy atom. The Hall–Kier alpha value is -3.59. The van der Waals surface area contributed by atoms with Gasteiger partial charge in [0.25, 0.3) is 0 Å². The largest absolute Gasteiger partial charge is 0.573 e. The summed E-state index contributed by atoms with van der Waals surface area (Å²) in [7, 11) is 0. The first-order chi connectivity index (χ1) is 16.3. The van der Waals surface area contributed by atoms with Gasteiger partial charge in [-0.1, -0.05) is 41.9 Å². The van der Waals surface area contributed by atoms with Crippen LogP contribution in [0, 0.1) is 0 Å². The summed E-state index contributed by atoms with van der Waals surface area (Å²) in [5, 5.41) is 0.504. The van der Waals surface area contributed by atoms with Gasteiger partial charge in [0.1, 0.15) is 11.6 Å². The number of pyridine rings is 1. The molecule has 0 saturated heterocycles. The average Bonchev–Trinajstić information content (AvgIpc) is 3.12. The van der Waals surface area contributed by atoms with Crippen LogP contribution in [0.25, 0.3) is 11.1 Å². The van der Waals surface area contributed by atoms with Crippen molar-refractivity contribution in [1.82, 2.24) is 9.88 Å². The number of guanidine groups is 1. The van der Waals surface area contributed by atoms with Crippen LogP contribution >= 0.6 is 11.6 Å². The van der Waals surface area contributed by atoms with Crippen LogP contribution in [0.2, 0.25) is 5.02 Å². The predicted octanol–water partition coefficient (Wildman–Crippen LogP) is 4.98. The lowest BCUT2D eigenvalue weighted by Crippen LogP contribution is -2.46. The Morgan fingerprint density at radius 2 is 1.79 bits per heavy atom. The molecule has 0 radical (unpaired) electrons. The van der Waals surface area contributed by atoms with Crippen LogP contribution in [-0.4, -0.2) is 41.1 Å². The van der Waals surface area contributed by atoms with Gasteiger partial charge in [0, 0.05) is 31.0 Å². The van der Waals surface area contributed by atoms with Crippen molar-refractivity contribution in [2.45, 2.75) is 18.3 Å². The van der Waals surface area contributed by atoms with Crippen LogP contribution in [0.5, 0.6) is 5.75 Å². The molecule has 0 saturated carbocycles. The summed E-state index contributed by atoms with van der Waals surface area (Å²) >= 11 is 6.14. The maximum Gasteiger partial charge on any atom is 0.573 e. The fraction of sp³-hybridized carbons (Fsp3) is 0.208. The van der Waals surface area contributed by atoms with Crippen LogP contribution in [-0.2, 0) is 5.54 Å². The first-order valence-electron chi connectivity index (χ1n) is 10.5. The van der Waals surface area contributed by atoms with E-state index in [1.165, 1.54) is 12.1 Å². The molecule has 3 heterocycles. The third-order valence-electron chi connectivity index (χ3n) is 5.76. The lowest BCUT2D eigenvalue weighted by Gasteiger charge is -2.33. The van der Waals surface area contributed by atoms with Crippen molar-refractivity contribution in [3.8, 4) is 16.9 Å². The molecule has 0 bridgehead atoms. The highest BCUT2D eigenvalue weighted by Gasteiger charge is 2.49. The molecule has 5 rings (SSSR count). The summed E-state index contributed by atoms with van der Waals surface area (Å²) in [5.74, 6) is 0.633. The van der Waals surface area contributed by atoms with Crippen LogP contribution < -0.4 is 10.5 Å². The van der Waals surface area contributed by atoms with E-state index < -0.39 is 11.9 Å². The summed E-state index contributed by atoms with van der Waals surface area (Å²) in [6.45, 7) is 1.26. The molecule has 6 nitrogen and oxygen atoms in total. The van der Waals surface area contributed by atoms with Gasteiger partial charge >= 0.3 is 6.36 Å². The maximum absolute atomic E-state index is 12.7. The lowest BCUT2D eigenvalue weighted by molar-refractivity contribution is -0.274. The molecular weight excluding hydrogens is 467 g/mol. The van der Waals surface area contributed by atoms with Gasteiger partial charge in [0.05, 0.1) is 5.02 Å². The summed E-state index contributed by atoms with van der Waals surface area (Å²) < 4.78 is 42.1. The van der Waals surface area contributed by atoms with Crippen molar-refractivity contribution in [2.24, 2.45) is 15.7 Å². The molecule has 1 atom stereocenters. The molecule has 2 aliphatic rings. The van der Waals surface area contributed by atoms with Gasteiger partial charge in [-0.2, -0.15) is 0 Å². The van der Waals surface area contributed by atoms with Gasteiger partial charge in [0.15, 0.2) is 11.5 Å². The van der Waals surface area contributed by atoms with Crippen molar-refractivity contribution in [1.29, 1.82) is 0 Å². The quantitative estimate of drug-likeness (QED) is 0.565. The first-order valence-corrected chi connectivity index (χ1v) is 10.9. The highest BCUT2D eigenvalue weighted by molar-refractivity contribution is 6.30. The fourth-order valence-corrected chi connectivity index (χ4v) is 4.54. The number of nitrogens with two attached hydrogens (primary N) is 1. The topological polar surface area (TPSA) is 76.1 Å². The minimum absolute atomic E-state index is 0.309. The van der Waals surface area contributed by atoms with Gasteiger partial charge < -0.3 is 10.5 Å². The molecule has 0 fully saturated rings. The van der Waals surface area contributed by atoms with E-state index in [0.29, 0.717) is 35.5 Å². The number of benzene rings is 2. The Morgan fingerprint density at radius 1 is 1.00 bits per heavy atom. The molecule has 1 aromatic heterocycles. The van der Waals surface area contributed by atoms with E-state index in [2.05, 4.69) is 9.72 Å². The lowest BCUT2D eigenvalue weighted by atomic mass is 9.81. The number of aromatic nitrogens is 1. The van der Waals surface area contributed by atoms with Gasteiger partial charge in [-0.05, 0) is 47.4 Å². The molecule has 0 amide bonds. The molecule has 174 valence electrons. The third kappa shape index (κ3) is 3.96. The Kier molecular flexibility index (Phi) is 5.44. The number of halogens is 4. The summed E-state index contributed by atoms with van der Waals surface area (Å²) in [6.07, 6.45) is -0.698. The fourth-order valence-electron chi connectivity index (χ4n) is 4.37. The van der Waals surface area contributed by atoms with Crippen molar-refractivity contribution < 1.29 is 17.9 Å². The number of amidine groups is 1. The monoisotopic (exact) mass is 485 g/mol. The van der Waals surface area contributed by atoms with Gasteiger partial charge in [-0.3, -0.25) is 14.9 Å². The zero-order chi connectivity index (χ0) is 23.9. The molecule has 0 aliphatic carbocycles. The highest BCUT2D eigenvalue weighted by atomic mass is 35.5. The SMILES string of the molecule is NC1=NC(c2ccc(OC(F)(F)F)cc2)(c2cccc(-c3cncc(Cl)c3)c2)C2=NCCCN12. The molecule has 3 aromatic rings. The van der Waals surface area contributed by atoms with Crippen LogP contribution in [0.1, 0.15) is 17.5 Å². The Bertz CT molecular complexity index is 1290. The van der Waals surface area contributed by atoms with E-state index in [0.717, 1.165) is 23.1 Å². The minimum atomic E-state index is -4.78. The second kappa shape index (κ2) is 8.32. The molecule has 10 heteroatoms. The van der Waals surface area contributed by atoms with Gasteiger partial charge in [-0.25, -0.2) is 4.99 Å². The molecule has 2 aliphatic heterocycles. The number of hydrogen-bond acceptors (Lipinski definition) is 6. The minimum Gasteiger partial charge on any atom is -0.406 e. The summed E-state index contributed by atoms with van der Waals surface area (Å²) in [4.78, 5) is 15.6. The number of aliphatic imine (C=N–C) groups is 2. The Balaban J connectivity index is 1.67. The number of nitrogens with zero attached hydrogens (tertiary/aromatic N) is 4. The normalized spacial score (nSPS) is 19.9. The standard InChI is InChI=1S/C24H19ClF3N5O/c25-19-12-16(13-30-14-19)15-3-1-4-18(11-15)23(21-31-9-2-10-33(21)22(29)32-23)17-5-7-20(8-6-17)34-24(26,27)28/h1,3-8,11-14H,2,9-10H2,(H2,29,32). The number of hydrogen-bond donors (Lipinski definition) is 1. The second-order valence-corrected chi connectivity index (χ2v) is 8.37. The van der Waals surface area contributed by atoms with E-state index >= 15 is 0 Å². The Labute approximate surface area is 198 Å². The van der Waals surface area contributed by atoms with Gasteiger partial charge in [0.2, 0.25) is 0 Å². The highest BCUT2D eigenvalue weighted by Crippen LogP contribution is 2.43. The molecule has 1 unspecified atom stereocenters. The van der Waals surface area contributed by atoms with E-state index in [1.807, 2.05) is 29.2 Å². The molecule has 2 aromatic carbocycles. The average molecular weight is 486 g/mol. The number of ether oxygens (including phenoxy) is 1. The molecule has 34 heavy (non-hydrogen) atoms. The zero-order valence-electron chi connectivity index (χ0n) is 17.8. The molecule has 0 spiro atoms. The van der Waals surface area contributed by atoms with E-state index in [9.17, 15) is 13.2 Å². The molecular formula is C24H19ClF3N5O. The second-order valence-electron chi connectivity index (χ2n) is 7.94. The number of fused-ring (bicyclic) bond motifs is 1. The van der Waals surface area contributed by atoms with Crippen molar-refractivity contribution in [2.75, 3.05) is 13.1 Å². The van der Waals surface area contributed by atoms with Crippen molar-refractivity contribution in [3.63, 3.8) is 0 Å². The smallest absolute Gasteiger partial charge is 0.406 e. The van der Waals surface area contributed by atoms with E-state index in [-0.39, 0.29) is 5.75 Å². The van der Waals surface area contributed by atoms with E-state index in [4.69, 9.17) is 27.3 Å². The van der Waals surface area contributed by atoms with E-state index in [1.54, 1.807) is 30.6 Å². The predicted molar refractivity (Wildman–Crippen MR) is 124 cm³/mol. The maximum atomic E-state index is 12.7. The van der Waals surface area contributed by atoms with Gasteiger partial charge in [-0.15, -0.1) is 13.2 Å². The van der Waals surface area contributed by atoms with Crippen molar-refractivity contribution >= 4 is 23.4 Å². The number of rotatable bonds is 4. The van der Waals surface area contributed by atoms with Crippen LogP contribution in [0.15, 0.2) is 77.0 Å². The van der Waals surface area contributed by atoms with Crippen molar-refractivity contribution in [3.05, 3.63) is 83.1 Å². The number of alkyl halides is 3. The third-order valence-corrected chi connectivity index (χ3v) is 5.97. The zero-order valence-corrected chi connectivity index (χ0v) is 18.5.